The molecule has 0 bridgehead atoms. The number of hydrogen-bond acceptors (Lipinski definition) is 2. The van der Waals surface area contributed by atoms with Crippen LogP contribution in [0.3, 0.4) is 0 Å². The molecule has 64 valence electrons. The van der Waals surface area contributed by atoms with Gasteiger partial charge in [0.1, 0.15) is 6.29 Å². The zero-order valence-electron chi connectivity index (χ0n) is 7.30. The molecule has 0 aromatic rings. The Morgan fingerprint density at radius 3 is 2.73 bits per heavy atom. The first-order chi connectivity index (χ1) is 5.16. The van der Waals surface area contributed by atoms with Crippen molar-refractivity contribution in [3.63, 3.8) is 0 Å². The van der Waals surface area contributed by atoms with Crippen LogP contribution in [-0.4, -0.2) is 12.9 Å². The van der Waals surface area contributed by atoms with E-state index in [2.05, 4.69) is 20.4 Å². The number of carbonyl (C=O) groups is 1. The third-order valence-corrected chi connectivity index (χ3v) is 1.16. The van der Waals surface area contributed by atoms with Gasteiger partial charge in [0.15, 0.2) is 0 Å². The Morgan fingerprint density at radius 1 is 1.64 bits per heavy atom. The van der Waals surface area contributed by atoms with Crippen LogP contribution in [0, 0.1) is 5.92 Å². The lowest BCUT2D eigenvalue weighted by atomic mass is 10.2. The Labute approximate surface area is 68.2 Å². The van der Waals surface area contributed by atoms with Crippen molar-refractivity contribution in [3.05, 3.63) is 12.3 Å². The zero-order chi connectivity index (χ0) is 8.69. The monoisotopic (exact) mass is 156 g/mol. The Morgan fingerprint density at radius 2 is 2.27 bits per heavy atom. The van der Waals surface area contributed by atoms with Gasteiger partial charge in [-0.3, -0.25) is 0 Å². The van der Waals surface area contributed by atoms with Crippen molar-refractivity contribution in [1.29, 1.82) is 0 Å². The molecule has 11 heavy (non-hydrogen) atoms. The van der Waals surface area contributed by atoms with E-state index in [9.17, 15) is 4.79 Å². The van der Waals surface area contributed by atoms with Gasteiger partial charge in [-0.15, -0.1) is 0 Å². The summed E-state index contributed by atoms with van der Waals surface area (Å²) < 4.78 is 5.25. The molecule has 2 heteroatoms. The van der Waals surface area contributed by atoms with Crippen molar-refractivity contribution in [3.8, 4) is 0 Å². The quantitative estimate of drug-likeness (QED) is 0.435. The van der Waals surface area contributed by atoms with Gasteiger partial charge in [0.05, 0.1) is 12.4 Å². The van der Waals surface area contributed by atoms with Gasteiger partial charge in [-0.1, -0.05) is 20.4 Å². The van der Waals surface area contributed by atoms with Crippen LogP contribution in [0.4, 0.5) is 0 Å². The minimum absolute atomic E-state index is 0.511. The molecule has 0 saturated heterocycles. The van der Waals surface area contributed by atoms with Gasteiger partial charge in [0.25, 0.3) is 0 Å². The Hall–Kier alpha value is -0.790. The van der Waals surface area contributed by atoms with Crippen molar-refractivity contribution >= 4 is 6.29 Å². The van der Waals surface area contributed by atoms with Gasteiger partial charge in [-0.2, -0.15) is 0 Å². The van der Waals surface area contributed by atoms with E-state index in [4.69, 9.17) is 4.74 Å². The highest BCUT2D eigenvalue weighted by atomic mass is 16.5. The van der Waals surface area contributed by atoms with Crippen LogP contribution in [0.25, 0.3) is 0 Å². The molecule has 0 N–H and O–H groups in total. The van der Waals surface area contributed by atoms with Crippen LogP contribution in [0.2, 0.25) is 0 Å². The molecule has 0 fully saturated rings. The maximum Gasteiger partial charge on any atom is 0.120 e. The van der Waals surface area contributed by atoms with Gasteiger partial charge >= 0.3 is 0 Å². The van der Waals surface area contributed by atoms with Crippen LogP contribution in [0.5, 0.6) is 0 Å². The SMILES string of the molecule is C=C(CCC=O)OCC(C)C. The summed E-state index contributed by atoms with van der Waals surface area (Å²) in [6, 6.07) is 0. The summed E-state index contributed by atoms with van der Waals surface area (Å²) in [4.78, 5) is 9.95. The van der Waals surface area contributed by atoms with E-state index in [1.165, 1.54) is 0 Å². The number of aldehydes is 1. The first-order valence-electron chi connectivity index (χ1n) is 3.91. The Kier molecular flexibility index (Phi) is 5.53. The maximum absolute atomic E-state index is 9.95. The largest absolute Gasteiger partial charge is 0.498 e. The molecular formula is C9H16O2. The van der Waals surface area contributed by atoms with Gasteiger partial charge in [0, 0.05) is 12.8 Å². The standard InChI is InChI=1S/C9H16O2/c1-8(2)7-11-9(3)5-4-6-10/h6,8H,3-5,7H2,1-2H3. The lowest BCUT2D eigenvalue weighted by molar-refractivity contribution is -0.107. The Bertz CT molecular complexity index is 128. The normalized spacial score (nSPS) is 9.73. The molecule has 0 aliphatic heterocycles. The van der Waals surface area contributed by atoms with Gasteiger partial charge in [-0.25, -0.2) is 0 Å². The molecule has 0 aromatic heterocycles. The first-order valence-corrected chi connectivity index (χ1v) is 3.91. The van der Waals surface area contributed by atoms with Crippen LogP contribution < -0.4 is 0 Å². The lowest BCUT2D eigenvalue weighted by Crippen LogP contribution is -2.01. The molecule has 0 aliphatic rings. The van der Waals surface area contributed by atoms with E-state index in [1.807, 2.05) is 0 Å². The molecule has 0 rings (SSSR count). The zero-order valence-corrected chi connectivity index (χ0v) is 7.30. The second-order valence-electron chi connectivity index (χ2n) is 2.95. The lowest BCUT2D eigenvalue weighted by Gasteiger charge is -2.09. The third-order valence-electron chi connectivity index (χ3n) is 1.16. The van der Waals surface area contributed by atoms with Crippen LogP contribution in [0.1, 0.15) is 26.7 Å². The van der Waals surface area contributed by atoms with Crippen LogP contribution >= 0.6 is 0 Å². The van der Waals surface area contributed by atoms with Crippen LogP contribution in [0.15, 0.2) is 12.3 Å². The fraction of sp³-hybridized carbons (Fsp3) is 0.667. The number of allylic oxidation sites excluding steroid dienone is 1. The summed E-state index contributed by atoms with van der Waals surface area (Å²) in [5.41, 5.74) is 0. The second-order valence-corrected chi connectivity index (χ2v) is 2.95. The van der Waals surface area contributed by atoms with Crippen molar-refractivity contribution in [1.82, 2.24) is 0 Å². The number of rotatable bonds is 6. The van der Waals surface area contributed by atoms with Gasteiger partial charge in [0.2, 0.25) is 0 Å². The fourth-order valence-electron chi connectivity index (χ4n) is 0.577. The Balaban J connectivity index is 3.29. The van der Waals surface area contributed by atoms with E-state index in [1.54, 1.807) is 0 Å². The van der Waals surface area contributed by atoms with E-state index in [0.29, 0.717) is 31.1 Å². The van der Waals surface area contributed by atoms with E-state index < -0.39 is 0 Å². The first kappa shape index (κ1) is 10.2. The minimum atomic E-state index is 0.511. The average molecular weight is 156 g/mol. The predicted octanol–water partition coefficient (Wildman–Crippen LogP) is 2.15. The summed E-state index contributed by atoms with van der Waals surface area (Å²) in [7, 11) is 0. The number of ether oxygens (including phenoxy) is 1. The smallest absolute Gasteiger partial charge is 0.120 e. The van der Waals surface area contributed by atoms with E-state index >= 15 is 0 Å². The third kappa shape index (κ3) is 7.10. The molecule has 0 amide bonds. The molecule has 0 saturated carbocycles. The summed E-state index contributed by atoms with van der Waals surface area (Å²) in [6.45, 7) is 8.53. The average Bonchev–Trinajstić information content (AvgIpc) is 1.97. The van der Waals surface area contributed by atoms with Crippen molar-refractivity contribution in [2.75, 3.05) is 6.61 Å². The fourth-order valence-corrected chi connectivity index (χ4v) is 0.577. The molecule has 0 aromatic carbocycles. The van der Waals surface area contributed by atoms with E-state index in [-0.39, 0.29) is 0 Å². The highest BCUT2D eigenvalue weighted by Gasteiger charge is 1.96. The number of carbonyl (C=O) groups excluding carboxylic acids is 1. The van der Waals surface area contributed by atoms with E-state index in [0.717, 1.165) is 6.29 Å². The minimum Gasteiger partial charge on any atom is -0.498 e. The van der Waals surface area contributed by atoms with Gasteiger partial charge < -0.3 is 9.53 Å². The molecule has 0 heterocycles. The molecule has 0 aliphatic carbocycles. The van der Waals surface area contributed by atoms with Crippen molar-refractivity contribution in [2.24, 2.45) is 5.92 Å². The molecule has 0 spiro atoms. The molecular weight excluding hydrogens is 140 g/mol. The maximum atomic E-state index is 9.95. The molecule has 2 nitrogen and oxygen atoms in total. The summed E-state index contributed by atoms with van der Waals surface area (Å²) >= 11 is 0. The predicted molar refractivity (Wildman–Crippen MR) is 45.2 cm³/mol. The second kappa shape index (κ2) is 5.96. The molecule has 0 radical (unpaired) electrons. The summed E-state index contributed by atoms with van der Waals surface area (Å²) in [5, 5.41) is 0. The highest BCUT2D eigenvalue weighted by molar-refractivity contribution is 5.49. The topological polar surface area (TPSA) is 26.3 Å². The summed E-state index contributed by atoms with van der Waals surface area (Å²) in [5.74, 6) is 1.23. The van der Waals surface area contributed by atoms with Crippen LogP contribution in [-0.2, 0) is 9.53 Å². The van der Waals surface area contributed by atoms with Crippen molar-refractivity contribution < 1.29 is 9.53 Å². The van der Waals surface area contributed by atoms with Gasteiger partial charge in [-0.05, 0) is 5.92 Å². The molecule has 0 unspecified atom stereocenters. The van der Waals surface area contributed by atoms with Crippen molar-refractivity contribution in [2.45, 2.75) is 26.7 Å². The number of hydrogen-bond donors (Lipinski definition) is 0. The summed E-state index contributed by atoms with van der Waals surface area (Å²) in [6.07, 6.45) is 2.04. The highest BCUT2D eigenvalue weighted by Crippen LogP contribution is 2.04. The molecule has 0 atom stereocenters.